The zero-order chi connectivity index (χ0) is 70.2. The number of hydrogen-bond donors (Lipinski definition) is 6. The van der Waals surface area contributed by atoms with Gasteiger partial charge in [-0.2, -0.15) is 0 Å². The van der Waals surface area contributed by atoms with Gasteiger partial charge in [0.05, 0.1) is 34.9 Å². The number of carbonyl (C=O) groups excluding carboxylic acids is 4. The van der Waals surface area contributed by atoms with E-state index in [1.54, 1.807) is 34.2 Å². The van der Waals surface area contributed by atoms with Crippen LogP contribution < -0.4 is 16.2 Å². The van der Waals surface area contributed by atoms with Crippen LogP contribution in [0.5, 0.6) is 0 Å². The van der Waals surface area contributed by atoms with E-state index in [-0.39, 0.29) is 97.5 Å². The molecule has 0 unspecified atom stereocenters. The Kier molecular flexibility index (Phi) is 30.3. The number of aliphatic hydroxyl groups is 3. The highest BCUT2D eigenvalue weighted by Crippen LogP contribution is 2.27. The second-order valence-corrected chi connectivity index (χ2v) is 27.2. The number of thiazole rings is 1. The van der Waals surface area contributed by atoms with Gasteiger partial charge in [0.25, 0.3) is 23.6 Å². The SMILES string of the molecule is CCCN(CCC)C(=O)c1cc(C(=O)N(Cc2cccc(CC)c2)C[C@@H](O)[C@@H](N)Cc2cc(F)cc(F)c2)cc(S(=O)(=O)NCCCO)c1.CCCN(CCC)C(=O)c1cc(C(=O)N(Cc2cnc(CC(C)C)s2)C[C@@H](O)[C@@H](N)Cc2cc(F)cc(F)c2)cc(-c2ncco2)c1. The topological polar surface area (TPSA) is 279 Å². The monoisotopic (exact) mass is 1370 g/mol. The molecule has 0 radical (unpaired) electrons. The third kappa shape index (κ3) is 23.2. The van der Waals surface area contributed by atoms with E-state index >= 15 is 0 Å². The predicted octanol–water partition coefficient (Wildman–Crippen LogP) is 10.1. The quantitative estimate of drug-likeness (QED) is 0.0159. The lowest BCUT2D eigenvalue weighted by molar-refractivity contribution is 0.0552. The molecule has 2 heterocycles. The zero-order valence-corrected chi connectivity index (χ0v) is 57.3. The first-order chi connectivity index (χ1) is 45.8. The maximum Gasteiger partial charge on any atom is 0.254 e. The van der Waals surface area contributed by atoms with Gasteiger partial charge >= 0.3 is 0 Å². The van der Waals surface area contributed by atoms with E-state index in [0.29, 0.717) is 61.6 Å². The smallest absolute Gasteiger partial charge is 0.254 e. The molecule has 0 fully saturated rings. The van der Waals surface area contributed by atoms with Crippen molar-refractivity contribution >= 4 is 45.0 Å². The summed E-state index contributed by atoms with van der Waals surface area (Å²) in [6, 6.07) is 20.2. The number of aryl methyl sites for hydroxylation is 1. The highest BCUT2D eigenvalue weighted by molar-refractivity contribution is 7.89. The molecule has 96 heavy (non-hydrogen) atoms. The van der Waals surface area contributed by atoms with Crippen molar-refractivity contribution in [3.05, 3.63) is 193 Å². The van der Waals surface area contributed by atoms with Crippen LogP contribution in [0.1, 0.15) is 154 Å². The van der Waals surface area contributed by atoms with Crippen LogP contribution in [0.3, 0.4) is 0 Å². The van der Waals surface area contributed by atoms with Crippen LogP contribution in [0.2, 0.25) is 0 Å². The van der Waals surface area contributed by atoms with Gasteiger partial charge in [0.15, 0.2) is 0 Å². The highest BCUT2D eigenvalue weighted by Gasteiger charge is 2.30. The van der Waals surface area contributed by atoms with E-state index in [2.05, 4.69) is 28.5 Å². The van der Waals surface area contributed by atoms with Crippen LogP contribution in [0.4, 0.5) is 17.6 Å². The predicted molar refractivity (Wildman–Crippen MR) is 362 cm³/mol. The number of carbonyl (C=O) groups is 4. The van der Waals surface area contributed by atoms with Crippen LogP contribution in [0.15, 0.2) is 125 Å². The minimum Gasteiger partial charge on any atom is -0.445 e. The van der Waals surface area contributed by atoms with Crippen molar-refractivity contribution in [1.82, 2.24) is 34.3 Å². The molecule has 0 bridgehead atoms. The molecule has 520 valence electrons. The van der Waals surface area contributed by atoms with Gasteiger partial charge < -0.3 is 50.8 Å². The second-order valence-electron chi connectivity index (χ2n) is 24.2. The summed E-state index contributed by atoms with van der Waals surface area (Å²) in [6.07, 6.45) is 6.51. The number of oxazole rings is 1. The lowest BCUT2D eigenvalue weighted by atomic mass is 10.0. The Morgan fingerprint density at radius 1 is 0.594 bits per heavy atom. The molecule has 0 aliphatic carbocycles. The van der Waals surface area contributed by atoms with Gasteiger partial charge in [0, 0.05) is 128 Å². The van der Waals surface area contributed by atoms with Gasteiger partial charge in [0.2, 0.25) is 15.9 Å². The molecule has 7 rings (SSSR count). The third-order valence-corrected chi connectivity index (χ3v) is 17.9. The maximum atomic E-state index is 14.3. The minimum absolute atomic E-state index is 0.00796. The van der Waals surface area contributed by atoms with E-state index in [1.807, 2.05) is 58.9 Å². The molecular weight excluding hydrogens is 1280 g/mol. The van der Waals surface area contributed by atoms with E-state index in [4.69, 9.17) is 21.0 Å². The molecule has 8 N–H and O–H groups in total. The fourth-order valence-corrected chi connectivity index (χ4v) is 13.1. The molecule has 4 atom stereocenters. The Bertz CT molecular complexity index is 3730. The van der Waals surface area contributed by atoms with Crippen molar-refractivity contribution in [2.75, 3.05) is 52.4 Å². The molecule has 7 aromatic rings. The first-order valence-corrected chi connectivity index (χ1v) is 34.8. The summed E-state index contributed by atoms with van der Waals surface area (Å²) in [5, 5.41) is 32.5. The van der Waals surface area contributed by atoms with Gasteiger partial charge in [0.1, 0.15) is 29.5 Å². The van der Waals surface area contributed by atoms with Crippen molar-refractivity contribution < 1.29 is 64.9 Å². The fraction of sp³-hybridized carbons (Fsp3) is 0.437. The van der Waals surface area contributed by atoms with E-state index in [0.717, 1.165) is 71.0 Å². The van der Waals surface area contributed by atoms with Crippen LogP contribution in [-0.4, -0.2) is 154 Å². The van der Waals surface area contributed by atoms with Crippen LogP contribution in [0, 0.1) is 29.2 Å². The first kappa shape index (κ1) is 77.3. The van der Waals surface area contributed by atoms with E-state index in [1.165, 1.54) is 63.9 Å². The largest absolute Gasteiger partial charge is 0.445 e. The van der Waals surface area contributed by atoms with Crippen molar-refractivity contribution in [2.24, 2.45) is 17.4 Å². The number of nitrogens with one attached hydrogen (secondary N) is 1. The Morgan fingerprint density at radius 3 is 1.49 bits per heavy atom. The fourth-order valence-electron chi connectivity index (χ4n) is 10.8. The molecule has 2 aromatic heterocycles. The third-order valence-electron chi connectivity index (χ3n) is 15.5. The summed E-state index contributed by atoms with van der Waals surface area (Å²) in [7, 11) is -4.20. The Morgan fingerprint density at radius 2 is 1.05 bits per heavy atom. The number of amides is 4. The number of halogens is 4. The molecule has 5 aromatic carbocycles. The molecule has 0 saturated carbocycles. The zero-order valence-electron chi connectivity index (χ0n) is 55.7. The molecular formula is C71H91F4N9O10S2. The van der Waals surface area contributed by atoms with Crippen LogP contribution in [0.25, 0.3) is 11.5 Å². The molecule has 19 nitrogen and oxygen atoms in total. The number of benzene rings is 5. The summed E-state index contributed by atoms with van der Waals surface area (Å²) in [5.41, 5.74) is 15.8. The van der Waals surface area contributed by atoms with Crippen molar-refractivity contribution in [1.29, 1.82) is 0 Å². The normalized spacial score (nSPS) is 12.8. The average Bonchev–Trinajstić information content (AvgIpc) is 1.23. The number of aliphatic hydroxyl groups excluding tert-OH is 3. The van der Waals surface area contributed by atoms with Gasteiger partial charge in [-0.05, 0) is 140 Å². The van der Waals surface area contributed by atoms with Gasteiger partial charge in [-0.1, -0.05) is 72.7 Å². The highest BCUT2D eigenvalue weighted by atomic mass is 32.2. The number of rotatable bonds is 35. The number of hydrogen-bond acceptors (Lipinski definition) is 15. The van der Waals surface area contributed by atoms with Gasteiger partial charge in [-0.15, -0.1) is 11.3 Å². The lowest BCUT2D eigenvalue weighted by Gasteiger charge is -2.29. The standard InChI is InChI=1S/C36H48F2N4O6S.C35H43F2N5O4S/c1-4-12-41(13-5-2)35(45)28-19-29(21-32(20-28)49(47,48)40-11-8-14-43)36(46)42(23-26-10-7-9-25(6-3)15-26)24-34(44)33(39)18-27-16-30(37)22-31(38)17-27;1-5-8-41(9-6-2)34(44)25-15-24(33-39-7-10-46-33)16-26(17-25)35(45)42(20-29-19-40-32(47-29)11-22(3)4)21-31(43)30(38)14-23-12-27(36)18-28(37)13-23/h7,9-10,15-17,19-22,33-34,40,43-44H,4-6,8,11-14,18,23-24,39H2,1-3H3;7,10,12-13,15-19,22,30-31,43H,5-6,8-9,11,14,20-21,38H2,1-4H3/t33-,34+;30-,31+/m00/s1. The molecule has 0 aliphatic rings. The molecule has 0 saturated heterocycles. The van der Waals surface area contributed by atoms with Crippen molar-refractivity contribution in [2.45, 2.75) is 149 Å². The Labute approximate surface area is 564 Å². The number of aromatic nitrogens is 2. The summed E-state index contributed by atoms with van der Waals surface area (Å²) < 4.78 is 89.9. The summed E-state index contributed by atoms with van der Waals surface area (Å²) in [4.78, 5) is 71.5. The molecule has 4 amide bonds. The van der Waals surface area contributed by atoms with Crippen LogP contribution >= 0.6 is 11.3 Å². The Hall–Kier alpha value is -7.75. The minimum atomic E-state index is -4.20. The second kappa shape index (κ2) is 37.7. The number of sulfonamides is 1. The lowest BCUT2D eigenvalue weighted by Crippen LogP contribution is -2.46. The molecule has 0 spiro atoms. The summed E-state index contributed by atoms with van der Waals surface area (Å²) >= 11 is 1.48. The summed E-state index contributed by atoms with van der Waals surface area (Å²) in [5.74, 6) is -4.17. The number of nitrogens with two attached hydrogens (primary N) is 2. The van der Waals surface area contributed by atoms with Crippen molar-refractivity contribution in [3.63, 3.8) is 0 Å². The summed E-state index contributed by atoms with van der Waals surface area (Å²) in [6.45, 7) is 15.4. The number of nitrogens with zero attached hydrogens (tertiary/aromatic N) is 6. The Balaban J connectivity index is 0.000000304. The van der Waals surface area contributed by atoms with Crippen molar-refractivity contribution in [3.8, 4) is 11.5 Å². The van der Waals surface area contributed by atoms with Gasteiger partial charge in [-0.25, -0.2) is 40.7 Å². The first-order valence-electron chi connectivity index (χ1n) is 32.5. The molecule has 0 aliphatic heterocycles. The van der Waals surface area contributed by atoms with Crippen LogP contribution in [-0.2, 0) is 48.8 Å². The van der Waals surface area contributed by atoms with E-state index < -0.39 is 75.3 Å². The average molecular weight is 1370 g/mol. The molecule has 25 heteroatoms. The maximum absolute atomic E-state index is 14.3. The van der Waals surface area contributed by atoms with Gasteiger partial charge in [-0.3, -0.25) is 19.2 Å². The van der Waals surface area contributed by atoms with E-state index in [9.17, 15) is 55.4 Å².